The Labute approximate surface area is 392 Å². The summed E-state index contributed by atoms with van der Waals surface area (Å²) in [5.41, 5.74) is 16.9. The molecular weight excluding hydrogens is 831 g/mol. The number of fused-ring (bicyclic) bond motifs is 8. The van der Waals surface area contributed by atoms with Crippen LogP contribution in [0.1, 0.15) is 0 Å². The summed E-state index contributed by atoms with van der Waals surface area (Å²) in [6.45, 7) is 0. The van der Waals surface area contributed by atoms with E-state index in [0.29, 0.717) is 0 Å². The number of hydrogen-bond acceptors (Lipinski definition) is 3. The highest BCUT2D eigenvalue weighted by Crippen LogP contribution is 2.44. The van der Waals surface area contributed by atoms with Crippen LogP contribution in [-0.2, 0) is 0 Å². The third kappa shape index (κ3) is 6.88. The maximum absolute atomic E-state index is 6.63. The molecule has 0 aliphatic rings. The summed E-state index contributed by atoms with van der Waals surface area (Å²) < 4.78 is 9.26. The molecule has 0 radical (unpaired) electrons. The van der Waals surface area contributed by atoms with Gasteiger partial charge in [-0.1, -0.05) is 176 Å². The molecule has 0 fully saturated rings. The van der Waals surface area contributed by atoms with E-state index < -0.39 is 0 Å². The Balaban J connectivity index is 0.922. The summed E-state index contributed by atoms with van der Waals surface area (Å²) in [7, 11) is 0. The molecule has 11 aromatic carbocycles. The van der Waals surface area contributed by atoms with Crippen molar-refractivity contribution in [3.63, 3.8) is 0 Å². The number of hydrogen-bond donors (Lipinski definition) is 0. The standard InChI is InChI=1S/C64H41NOS/c1-3-13-44(14-4-1)53-36-30-47(40-58(53)45-15-5-2-6-16-45)42-25-32-50(33-26-42)65(51-34-27-43(28-35-51)48-31-38-62-59(41-48)56-21-9-10-24-61(56)67-62)52-19-11-18-49(39-52)54-22-12-23-60-63(54)57-37-29-46-17-7-8-20-55(46)64(57)66-60/h1-41H. The van der Waals surface area contributed by atoms with E-state index in [2.05, 4.69) is 254 Å². The van der Waals surface area contributed by atoms with Gasteiger partial charge < -0.3 is 9.32 Å². The van der Waals surface area contributed by atoms with Crippen molar-refractivity contribution in [2.45, 2.75) is 0 Å². The normalized spacial score (nSPS) is 11.6. The van der Waals surface area contributed by atoms with Gasteiger partial charge in [0.15, 0.2) is 0 Å². The van der Waals surface area contributed by atoms with Crippen LogP contribution < -0.4 is 4.90 Å². The van der Waals surface area contributed by atoms with Crippen LogP contribution in [0.3, 0.4) is 0 Å². The zero-order valence-electron chi connectivity index (χ0n) is 36.4. The van der Waals surface area contributed by atoms with Gasteiger partial charge in [-0.05, 0) is 134 Å². The number of rotatable bonds is 8. The number of furan rings is 1. The van der Waals surface area contributed by atoms with Gasteiger partial charge in [0.2, 0.25) is 0 Å². The Kier molecular flexibility index (Phi) is 9.40. The molecule has 2 heterocycles. The minimum Gasteiger partial charge on any atom is -0.455 e. The average Bonchev–Trinajstić information content (AvgIpc) is 3.98. The molecule has 314 valence electrons. The predicted octanol–water partition coefficient (Wildman–Crippen LogP) is 18.9. The molecule has 0 aliphatic heterocycles. The second-order valence-corrected chi connectivity index (χ2v) is 18.3. The lowest BCUT2D eigenvalue weighted by Crippen LogP contribution is -2.10. The summed E-state index contributed by atoms with van der Waals surface area (Å²) in [6.07, 6.45) is 0. The van der Waals surface area contributed by atoms with E-state index in [9.17, 15) is 0 Å². The molecule has 0 bridgehead atoms. The maximum atomic E-state index is 6.63. The molecule has 3 heteroatoms. The first-order valence-electron chi connectivity index (χ1n) is 22.8. The molecular formula is C64H41NOS. The minimum atomic E-state index is 0.887. The molecule has 2 nitrogen and oxygen atoms in total. The van der Waals surface area contributed by atoms with Gasteiger partial charge in [0.05, 0.1) is 0 Å². The van der Waals surface area contributed by atoms with Crippen LogP contribution in [0.4, 0.5) is 17.1 Å². The van der Waals surface area contributed by atoms with E-state index >= 15 is 0 Å². The molecule has 13 aromatic rings. The molecule has 0 spiro atoms. The summed E-state index contributed by atoms with van der Waals surface area (Å²) >= 11 is 1.85. The average molecular weight is 872 g/mol. The molecule has 67 heavy (non-hydrogen) atoms. The van der Waals surface area contributed by atoms with E-state index in [1.807, 2.05) is 11.3 Å². The molecule has 0 saturated heterocycles. The highest BCUT2D eigenvalue weighted by Gasteiger charge is 2.19. The van der Waals surface area contributed by atoms with Crippen molar-refractivity contribution in [2.24, 2.45) is 0 Å². The topological polar surface area (TPSA) is 16.4 Å². The maximum Gasteiger partial charge on any atom is 0.143 e. The molecule has 0 atom stereocenters. The molecule has 0 amide bonds. The van der Waals surface area contributed by atoms with Crippen molar-refractivity contribution in [3.05, 3.63) is 249 Å². The van der Waals surface area contributed by atoms with Crippen molar-refractivity contribution in [3.8, 4) is 55.6 Å². The number of anilines is 3. The Hall–Kier alpha value is -8.50. The van der Waals surface area contributed by atoms with Crippen LogP contribution in [0.25, 0.3) is 109 Å². The van der Waals surface area contributed by atoms with Crippen molar-refractivity contribution in [2.75, 3.05) is 4.90 Å². The predicted molar refractivity (Wildman–Crippen MR) is 286 cm³/mol. The summed E-state index contributed by atoms with van der Waals surface area (Å²) in [6, 6.07) is 90.1. The number of thiophene rings is 1. The second-order valence-electron chi connectivity index (χ2n) is 17.2. The minimum absolute atomic E-state index is 0.887. The first-order chi connectivity index (χ1) is 33.2. The van der Waals surface area contributed by atoms with Crippen molar-refractivity contribution in [1.82, 2.24) is 0 Å². The third-order valence-electron chi connectivity index (χ3n) is 13.3. The lowest BCUT2D eigenvalue weighted by atomic mass is 9.91. The molecule has 2 aromatic heterocycles. The fourth-order valence-corrected chi connectivity index (χ4v) is 11.1. The highest BCUT2D eigenvalue weighted by atomic mass is 32.1. The Morgan fingerprint density at radius 2 is 0.896 bits per heavy atom. The Morgan fingerprint density at radius 1 is 0.299 bits per heavy atom. The molecule has 0 N–H and O–H groups in total. The van der Waals surface area contributed by atoms with Gasteiger partial charge in [-0.3, -0.25) is 0 Å². The Bertz CT molecular complexity index is 3960. The van der Waals surface area contributed by atoms with E-state index in [-0.39, 0.29) is 0 Å². The van der Waals surface area contributed by atoms with Gasteiger partial charge in [-0.25, -0.2) is 0 Å². The van der Waals surface area contributed by atoms with Gasteiger partial charge in [0.1, 0.15) is 11.2 Å². The zero-order valence-corrected chi connectivity index (χ0v) is 37.3. The smallest absolute Gasteiger partial charge is 0.143 e. The fourth-order valence-electron chi connectivity index (χ4n) is 10.0. The summed E-state index contributed by atoms with van der Waals surface area (Å²) in [4.78, 5) is 2.38. The quantitative estimate of drug-likeness (QED) is 0.151. The van der Waals surface area contributed by atoms with Gasteiger partial charge in [0, 0.05) is 53.4 Å². The lowest BCUT2D eigenvalue weighted by Gasteiger charge is -2.26. The van der Waals surface area contributed by atoms with Gasteiger partial charge >= 0.3 is 0 Å². The first kappa shape index (κ1) is 38.9. The molecule has 0 aliphatic carbocycles. The molecule has 0 unspecified atom stereocenters. The Morgan fingerprint density at radius 3 is 1.66 bits per heavy atom. The summed E-state index contributed by atoms with van der Waals surface area (Å²) in [5.74, 6) is 0. The third-order valence-corrected chi connectivity index (χ3v) is 14.4. The molecule has 0 saturated carbocycles. The summed E-state index contributed by atoms with van der Waals surface area (Å²) in [5, 5.41) is 7.17. The first-order valence-corrected chi connectivity index (χ1v) is 23.6. The van der Waals surface area contributed by atoms with Gasteiger partial charge in [0.25, 0.3) is 0 Å². The van der Waals surface area contributed by atoms with Gasteiger partial charge in [-0.2, -0.15) is 0 Å². The van der Waals surface area contributed by atoms with Crippen LogP contribution in [0.5, 0.6) is 0 Å². The van der Waals surface area contributed by atoms with Gasteiger partial charge in [-0.15, -0.1) is 11.3 Å². The van der Waals surface area contributed by atoms with E-state index in [4.69, 9.17) is 4.42 Å². The number of benzene rings is 11. The van der Waals surface area contributed by atoms with Crippen molar-refractivity contribution in [1.29, 1.82) is 0 Å². The largest absolute Gasteiger partial charge is 0.455 e. The van der Waals surface area contributed by atoms with Crippen LogP contribution >= 0.6 is 11.3 Å². The van der Waals surface area contributed by atoms with E-state index in [0.717, 1.165) is 61.1 Å². The van der Waals surface area contributed by atoms with E-state index in [1.165, 1.54) is 64.5 Å². The van der Waals surface area contributed by atoms with Crippen LogP contribution in [0, 0.1) is 0 Å². The van der Waals surface area contributed by atoms with E-state index in [1.54, 1.807) is 0 Å². The lowest BCUT2D eigenvalue weighted by molar-refractivity contribution is 0.673. The fraction of sp³-hybridized carbons (Fsp3) is 0. The van der Waals surface area contributed by atoms with Crippen molar-refractivity contribution < 1.29 is 4.42 Å². The van der Waals surface area contributed by atoms with Crippen LogP contribution in [0.2, 0.25) is 0 Å². The highest BCUT2D eigenvalue weighted by molar-refractivity contribution is 7.25. The monoisotopic (exact) mass is 871 g/mol. The zero-order chi connectivity index (χ0) is 44.3. The second kappa shape index (κ2) is 16.2. The number of nitrogens with zero attached hydrogens (tertiary/aromatic N) is 1. The van der Waals surface area contributed by atoms with Crippen LogP contribution in [0.15, 0.2) is 253 Å². The molecule has 13 rings (SSSR count). The SMILES string of the molecule is c1ccc(-c2ccc(-c3ccc(N(c4ccc(-c5ccc6sc7ccccc7c6c5)cc4)c4cccc(-c5cccc6oc7c8ccccc8ccc7c56)c4)cc3)cc2-c2ccccc2)cc1. The van der Waals surface area contributed by atoms with Crippen molar-refractivity contribution >= 4 is 81.3 Å². The van der Waals surface area contributed by atoms with Crippen LogP contribution in [-0.4, -0.2) is 0 Å².